The van der Waals surface area contributed by atoms with Crippen molar-refractivity contribution in [3.05, 3.63) is 56.4 Å². The maximum atomic E-state index is 13.2. The van der Waals surface area contributed by atoms with Gasteiger partial charge >= 0.3 is 5.69 Å². The monoisotopic (exact) mass is 503 g/mol. The number of aryl methyl sites for hydroxylation is 1. The number of piperidine rings is 1. The van der Waals surface area contributed by atoms with Crippen LogP contribution >= 0.6 is 0 Å². The summed E-state index contributed by atoms with van der Waals surface area (Å²) in [6, 6.07) is 7.39. The fourth-order valence-electron chi connectivity index (χ4n) is 4.74. The van der Waals surface area contributed by atoms with Crippen LogP contribution in [-0.4, -0.2) is 78.5 Å². The Morgan fingerprint density at radius 1 is 0.971 bits per heavy atom. The fourth-order valence-corrected chi connectivity index (χ4v) is 6.47. The van der Waals surface area contributed by atoms with Gasteiger partial charge in [-0.2, -0.15) is 4.31 Å². The zero-order valence-corrected chi connectivity index (χ0v) is 20.6. The van der Waals surface area contributed by atoms with Crippen molar-refractivity contribution in [1.82, 2.24) is 19.2 Å². The van der Waals surface area contributed by atoms with E-state index in [1.807, 2.05) is 17.1 Å². The first-order chi connectivity index (χ1) is 16.6. The lowest BCUT2D eigenvalue weighted by atomic mass is 9.97. The second-order valence-corrected chi connectivity index (χ2v) is 10.9. The number of benzene rings is 1. The van der Waals surface area contributed by atoms with E-state index < -0.39 is 32.1 Å². The Morgan fingerprint density at radius 2 is 1.63 bits per heavy atom. The van der Waals surface area contributed by atoms with Crippen molar-refractivity contribution in [3.8, 4) is 0 Å². The summed E-state index contributed by atoms with van der Waals surface area (Å²) in [7, 11) is -4.18. The number of anilines is 1. The van der Waals surface area contributed by atoms with E-state index in [0.717, 1.165) is 5.69 Å². The molecule has 0 radical (unpaired) electrons. The van der Waals surface area contributed by atoms with Gasteiger partial charge in [0.15, 0.2) is 10.7 Å². The number of rotatable bonds is 5. The zero-order chi connectivity index (χ0) is 25.3. The van der Waals surface area contributed by atoms with E-state index in [4.69, 9.17) is 0 Å². The first-order valence-corrected chi connectivity index (χ1v) is 13.0. The molecule has 0 aliphatic carbocycles. The number of amides is 1. The molecule has 0 spiro atoms. The van der Waals surface area contributed by atoms with E-state index in [9.17, 15) is 27.6 Å². The molecule has 1 atom stereocenters. The van der Waals surface area contributed by atoms with Gasteiger partial charge in [0, 0.05) is 56.2 Å². The van der Waals surface area contributed by atoms with Crippen LogP contribution < -0.4 is 16.1 Å². The van der Waals surface area contributed by atoms with Crippen LogP contribution in [0.25, 0.3) is 0 Å². The van der Waals surface area contributed by atoms with Crippen LogP contribution in [0.1, 0.15) is 35.8 Å². The lowest BCUT2D eigenvalue weighted by Crippen LogP contribution is -2.53. The number of H-pyrrole nitrogens is 2. The number of carbonyl (C=O) groups excluding carboxylic acids is 2. The molecule has 2 saturated heterocycles. The summed E-state index contributed by atoms with van der Waals surface area (Å²) in [4.78, 5) is 56.1. The maximum Gasteiger partial charge on any atom is 0.325 e. The Balaban J connectivity index is 1.41. The van der Waals surface area contributed by atoms with Crippen molar-refractivity contribution in [3.63, 3.8) is 0 Å². The molecule has 0 saturated carbocycles. The Labute approximate surface area is 202 Å². The molecule has 1 aromatic heterocycles. The second-order valence-electron chi connectivity index (χ2n) is 8.98. The van der Waals surface area contributed by atoms with Gasteiger partial charge in [-0.15, -0.1) is 0 Å². The van der Waals surface area contributed by atoms with E-state index in [1.165, 1.54) is 18.2 Å². The summed E-state index contributed by atoms with van der Waals surface area (Å²) < 4.78 is 27.5. The minimum Gasteiger partial charge on any atom is -0.368 e. The van der Waals surface area contributed by atoms with Crippen LogP contribution in [0.15, 0.2) is 38.8 Å². The standard InChI is InChI=1S/C23H29N5O6S/c1-15-20(21(30)25-23(32)24-15)35(33,34)28-9-3-4-18(14-28)22(31)27-12-10-26(11-13-27)19-7-5-17(6-8-19)16(2)29/h5-8,18H,3-4,9-14H2,1-2H3,(H2,24,25,30,32). The van der Waals surface area contributed by atoms with Gasteiger partial charge in [-0.05, 0) is 51.0 Å². The Kier molecular flexibility index (Phi) is 6.95. The molecule has 11 nitrogen and oxygen atoms in total. The predicted octanol–water partition coefficient (Wildman–Crippen LogP) is 0.324. The molecule has 188 valence electrons. The molecule has 1 aromatic carbocycles. The van der Waals surface area contributed by atoms with Crippen LogP contribution in [0, 0.1) is 12.8 Å². The van der Waals surface area contributed by atoms with Gasteiger partial charge in [0.2, 0.25) is 15.9 Å². The number of aromatic amines is 2. The smallest absolute Gasteiger partial charge is 0.325 e. The lowest BCUT2D eigenvalue weighted by Gasteiger charge is -2.39. The predicted molar refractivity (Wildman–Crippen MR) is 129 cm³/mol. The Bertz CT molecular complexity index is 1340. The number of carbonyl (C=O) groups is 2. The summed E-state index contributed by atoms with van der Waals surface area (Å²) in [5.74, 6) is -0.582. The van der Waals surface area contributed by atoms with Crippen molar-refractivity contribution in [2.75, 3.05) is 44.2 Å². The molecule has 3 heterocycles. The molecule has 2 aromatic rings. The highest BCUT2D eigenvalue weighted by Crippen LogP contribution is 2.25. The molecule has 2 aliphatic heterocycles. The molecule has 1 amide bonds. The minimum atomic E-state index is -4.18. The summed E-state index contributed by atoms with van der Waals surface area (Å²) in [6.45, 7) is 5.36. The number of ketones is 1. The van der Waals surface area contributed by atoms with Crippen LogP contribution in [0.5, 0.6) is 0 Å². The van der Waals surface area contributed by atoms with Crippen LogP contribution in [-0.2, 0) is 14.8 Å². The van der Waals surface area contributed by atoms with E-state index >= 15 is 0 Å². The van der Waals surface area contributed by atoms with E-state index in [0.29, 0.717) is 44.6 Å². The topological polar surface area (TPSA) is 144 Å². The third-order valence-electron chi connectivity index (χ3n) is 6.64. The number of piperazine rings is 1. The van der Waals surface area contributed by atoms with Gasteiger partial charge < -0.3 is 14.8 Å². The van der Waals surface area contributed by atoms with Crippen molar-refractivity contribution in [2.24, 2.45) is 5.92 Å². The van der Waals surface area contributed by atoms with E-state index in [2.05, 4.69) is 9.88 Å². The molecule has 1 unspecified atom stereocenters. The number of nitrogens with one attached hydrogen (secondary N) is 2. The normalized spacial score (nSPS) is 19.5. The number of hydrogen-bond donors (Lipinski definition) is 2. The molecule has 0 bridgehead atoms. The average Bonchev–Trinajstić information content (AvgIpc) is 2.83. The Hall–Kier alpha value is -3.25. The Morgan fingerprint density at radius 3 is 2.23 bits per heavy atom. The van der Waals surface area contributed by atoms with Crippen molar-refractivity contribution in [2.45, 2.75) is 31.6 Å². The van der Waals surface area contributed by atoms with E-state index in [-0.39, 0.29) is 30.5 Å². The number of aromatic nitrogens is 2. The number of sulfonamides is 1. The first-order valence-electron chi connectivity index (χ1n) is 11.6. The van der Waals surface area contributed by atoms with Crippen LogP contribution in [0.2, 0.25) is 0 Å². The summed E-state index contributed by atoms with van der Waals surface area (Å²) >= 11 is 0. The second kappa shape index (κ2) is 9.78. The molecule has 35 heavy (non-hydrogen) atoms. The fraction of sp³-hybridized carbons (Fsp3) is 0.478. The third kappa shape index (κ3) is 5.08. The van der Waals surface area contributed by atoms with Crippen molar-refractivity contribution < 1.29 is 18.0 Å². The highest BCUT2D eigenvalue weighted by atomic mass is 32.2. The van der Waals surface area contributed by atoms with Gasteiger partial charge in [-0.1, -0.05) is 0 Å². The number of nitrogens with zero attached hydrogens (tertiary/aromatic N) is 3. The SMILES string of the molecule is CC(=O)c1ccc(N2CCN(C(=O)C3CCCN(S(=O)(=O)c4c(C)[nH]c(=O)[nH]c4=O)C3)CC2)cc1. The molecular formula is C23H29N5O6S. The average molecular weight is 504 g/mol. The highest BCUT2D eigenvalue weighted by Gasteiger charge is 2.37. The van der Waals surface area contributed by atoms with E-state index in [1.54, 1.807) is 17.0 Å². The first kappa shape index (κ1) is 24.9. The van der Waals surface area contributed by atoms with Crippen molar-refractivity contribution >= 4 is 27.4 Å². The van der Waals surface area contributed by atoms with Crippen molar-refractivity contribution in [1.29, 1.82) is 0 Å². The third-order valence-corrected chi connectivity index (χ3v) is 8.66. The van der Waals surface area contributed by atoms with Gasteiger partial charge in [0.05, 0.1) is 5.92 Å². The maximum absolute atomic E-state index is 13.2. The highest BCUT2D eigenvalue weighted by molar-refractivity contribution is 7.89. The minimum absolute atomic E-state index is 0.00804. The van der Waals surface area contributed by atoms with Crippen LogP contribution in [0.4, 0.5) is 5.69 Å². The molecule has 12 heteroatoms. The molecule has 2 fully saturated rings. The summed E-state index contributed by atoms with van der Waals surface area (Å²) in [5, 5.41) is 0. The molecular weight excluding hydrogens is 474 g/mol. The van der Waals surface area contributed by atoms with Gasteiger partial charge in [0.1, 0.15) is 0 Å². The quantitative estimate of drug-likeness (QED) is 0.560. The zero-order valence-electron chi connectivity index (χ0n) is 19.7. The van der Waals surface area contributed by atoms with Gasteiger partial charge in [-0.25, -0.2) is 13.2 Å². The lowest BCUT2D eigenvalue weighted by molar-refractivity contribution is -0.137. The summed E-state index contributed by atoms with van der Waals surface area (Å²) in [5.41, 5.74) is -0.129. The molecule has 2 aliphatic rings. The molecule has 4 rings (SSSR count). The number of Topliss-reactive ketones (excluding diaryl/α,β-unsaturated/α-hetero) is 1. The van der Waals surface area contributed by atoms with Gasteiger partial charge in [-0.3, -0.25) is 19.4 Å². The largest absolute Gasteiger partial charge is 0.368 e. The van der Waals surface area contributed by atoms with Gasteiger partial charge in [0.25, 0.3) is 5.56 Å². The number of hydrogen-bond acceptors (Lipinski definition) is 7. The molecule has 2 N–H and O–H groups in total. The van der Waals surface area contributed by atoms with Crippen LogP contribution in [0.3, 0.4) is 0 Å². The summed E-state index contributed by atoms with van der Waals surface area (Å²) in [6.07, 6.45) is 1.07.